The molecular weight excluding hydrogens is 314 g/mol. The number of aryl methyl sites for hydroxylation is 1. The maximum Gasteiger partial charge on any atom is 0.253 e. The minimum atomic E-state index is -1.21. The molecule has 2 atom stereocenters. The molecule has 0 fully saturated rings. The first kappa shape index (κ1) is 15.8. The summed E-state index contributed by atoms with van der Waals surface area (Å²) in [6.07, 6.45) is 1.11. The van der Waals surface area contributed by atoms with Gasteiger partial charge >= 0.3 is 0 Å². The van der Waals surface area contributed by atoms with E-state index in [-0.39, 0.29) is 11.8 Å². The van der Waals surface area contributed by atoms with Gasteiger partial charge in [-0.1, -0.05) is 29.8 Å². The van der Waals surface area contributed by atoms with Crippen LogP contribution in [0.1, 0.15) is 29.2 Å². The van der Waals surface area contributed by atoms with Crippen molar-refractivity contribution >= 4 is 17.5 Å². The van der Waals surface area contributed by atoms with Gasteiger partial charge in [0.25, 0.3) is 5.91 Å². The second-order valence-electron chi connectivity index (χ2n) is 5.86. The number of carbonyl (C=O) groups is 1. The van der Waals surface area contributed by atoms with Crippen LogP contribution in [0.25, 0.3) is 0 Å². The van der Waals surface area contributed by atoms with Crippen molar-refractivity contribution in [3.63, 3.8) is 0 Å². The molecule has 0 saturated heterocycles. The highest BCUT2D eigenvalue weighted by Gasteiger charge is 2.24. The fourth-order valence-corrected chi connectivity index (χ4v) is 3.07. The second kappa shape index (κ2) is 6.60. The summed E-state index contributed by atoms with van der Waals surface area (Å²) in [4.78, 5) is 12.2. The summed E-state index contributed by atoms with van der Waals surface area (Å²) in [6, 6.07) is 11.9. The third-order valence-electron chi connectivity index (χ3n) is 4.20. The molecule has 0 radical (unpaired) electrons. The molecule has 2 aromatic carbocycles. The molecule has 1 aliphatic carbocycles. The molecule has 23 heavy (non-hydrogen) atoms. The molecule has 0 saturated carbocycles. The maximum absolute atomic E-state index is 12.2. The Morgan fingerprint density at radius 3 is 2.65 bits per heavy atom. The highest BCUT2D eigenvalue weighted by molar-refractivity contribution is 6.30. The summed E-state index contributed by atoms with van der Waals surface area (Å²) >= 11 is 5.81. The second-order valence-corrected chi connectivity index (χ2v) is 6.29. The van der Waals surface area contributed by atoms with E-state index in [1.165, 1.54) is 5.56 Å². The van der Waals surface area contributed by atoms with E-state index in [1.807, 2.05) is 6.07 Å². The lowest BCUT2D eigenvalue weighted by Gasteiger charge is -2.26. The van der Waals surface area contributed by atoms with Crippen LogP contribution in [-0.2, 0) is 17.6 Å². The first-order valence-electron chi connectivity index (χ1n) is 7.57. The molecular formula is C18H18ClNO3. The van der Waals surface area contributed by atoms with Gasteiger partial charge in [-0.3, -0.25) is 4.79 Å². The Morgan fingerprint density at radius 2 is 1.91 bits per heavy atom. The number of hydrogen-bond acceptors (Lipinski definition) is 3. The Morgan fingerprint density at radius 1 is 1.17 bits per heavy atom. The van der Waals surface area contributed by atoms with Crippen molar-refractivity contribution in [2.24, 2.45) is 0 Å². The molecule has 0 bridgehead atoms. The van der Waals surface area contributed by atoms with Crippen molar-refractivity contribution in [2.75, 3.05) is 0 Å². The summed E-state index contributed by atoms with van der Waals surface area (Å²) in [7, 11) is 0. The van der Waals surface area contributed by atoms with Gasteiger partial charge in [0, 0.05) is 11.1 Å². The summed E-state index contributed by atoms with van der Waals surface area (Å²) < 4.78 is 0. The largest absolute Gasteiger partial charge is 0.508 e. The lowest BCUT2D eigenvalue weighted by molar-refractivity contribution is -0.130. The third kappa shape index (κ3) is 3.66. The predicted molar refractivity (Wildman–Crippen MR) is 88.5 cm³/mol. The molecule has 0 aromatic heterocycles. The van der Waals surface area contributed by atoms with Crippen LogP contribution in [0.15, 0.2) is 42.5 Å². The van der Waals surface area contributed by atoms with Gasteiger partial charge in [-0.2, -0.15) is 0 Å². The zero-order valence-electron chi connectivity index (χ0n) is 12.5. The van der Waals surface area contributed by atoms with E-state index >= 15 is 0 Å². The standard InChI is InChI=1S/C18H18ClNO3/c19-14-5-1-12(2-6-14)17(22)18(23)20-15-7-3-11-4-8-16(21)10-13(11)9-15/h1-2,4-6,8,10,15,17,21-22H,3,7,9H2,(H,20,23). The number of phenols is 1. The Labute approximate surface area is 139 Å². The summed E-state index contributed by atoms with van der Waals surface area (Å²) in [6.45, 7) is 0. The van der Waals surface area contributed by atoms with E-state index in [4.69, 9.17) is 11.6 Å². The van der Waals surface area contributed by atoms with E-state index in [9.17, 15) is 15.0 Å². The number of hydrogen-bond donors (Lipinski definition) is 3. The minimum Gasteiger partial charge on any atom is -0.508 e. The molecule has 3 N–H and O–H groups in total. The predicted octanol–water partition coefficient (Wildman–Crippen LogP) is 2.75. The van der Waals surface area contributed by atoms with Gasteiger partial charge in [0.15, 0.2) is 6.10 Å². The average molecular weight is 332 g/mol. The van der Waals surface area contributed by atoms with Crippen molar-refractivity contribution in [2.45, 2.75) is 31.4 Å². The number of phenolic OH excluding ortho intramolecular Hbond substituents is 1. The molecule has 2 unspecified atom stereocenters. The van der Waals surface area contributed by atoms with Crippen LogP contribution in [0.3, 0.4) is 0 Å². The van der Waals surface area contributed by atoms with Crippen molar-refractivity contribution in [3.05, 3.63) is 64.2 Å². The molecule has 0 aliphatic heterocycles. The molecule has 2 aromatic rings. The smallest absolute Gasteiger partial charge is 0.253 e. The normalized spacial score (nSPS) is 18.1. The van der Waals surface area contributed by atoms with Crippen molar-refractivity contribution in [1.82, 2.24) is 5.32 Å². The van der Waals surface area contributed by atoms with Gasteiger partial charge in [0.2, 0.25) is 0 Å². The van der Waals surface area contributed by atoms with E-state index in [2.05, 4.69) is 5.32 Å². The molecule has 120 valence electrons. The van der Waals surface area contributed by atoms with Crippen LogP contribution in [0, 0.1) is 0 Å². The molecule has 5 heteroatoms. The first-order chi connectivity index (χ1) is 11.0. The van der Waals surface area contributed by atoms with Gasteiger partial charge in [-0.05, 0) is 60.2 Å². The fraction of sp³-hybridized carbons (Fsp3) is 0.278. The number of aliphatic hydroxyl groups is 1. The number of rotatable bonds is 3. The number of halogens is 1. The summed E-state index contributed by atoms with van der Waals surface area (Å²) in [5.41, 5.74) is 2.76. The van der Waals surface area contributed by atoms with Gasteiger partial charge in [-0.25, -0.2) is 0 Å². The number of aliphatic hydroxyl groups excluding tert-OH is 1. The van der Waals surface area contributed by atoms with Crippen LogP contribution in [0.4, 0.5) is 0 Å². The van der Waals surface area contributed by atoms with Crippen LogP contribution >= 0.6 is 11.6 Å². The number of benzene rings is 2. The maximum atomic E-state index is 12.2. The Bertz CT molecular complexity index is 715. The summed E-state index contributed by atoms with van der Waals surface area (Å²) in [5.74, 6) is -0.183. The quantitative estimate of drug-likeness (QED) is 0.810. The SMILES string of the molecule is O=C(NC1CCc2ccc(O)cc2C1)C(O)c1ccc(Cl)cc1. The average Bonchev–Trinajstić information content (AvgIpc) is 2.54. The van der Waals surface area contributed by atoms with Gasteiger partial charge in [0.05, 0.1) is 0 Å². The zero-order valence-corrected chi connectivity index (χ0v) is 13.3. The van der Waals surface area contributed by atoms with E-state index in [0.29, 0.717) is 17.0 Å². The molecule has 1 amide bonds. The Kier molecular flexibility index (Phi) is 4.55. The number of nitrogens with one attached hydrogen (secondary N) is 1. The highest BCUT2D eigenvalue weighted by atomic mass is 35.5. The number of carbonyl (C=O) groups excluding carboxylic acids is 1. The Balaban J connectivity index is 1.65. The van der Waals surface area contributed by atoms with E-state index in [0.717, 1.165) is 18.4 Å². The first-order valence-corrected chi connectivity index (χ1v) is 7.95. The highest BCUT2D eigenvalue weighted by Crippen LogP contribution is 2.25. The van der Waals surface area contributed by atoms with Crippen LogP contribution in [-0.4, -0.2) is 22.2 Å². The van der Waals surface area contributed by atoms with E-state index < -0.39 is 12.0 Å². The third-order valence-corrected chi connectivity index (χ3v) is 4.45. The molecule has 0 spiro atoms. The minimum absolute atomic E-state index is 0.0428. The molecule has 0 heterocycles. The van der Waals surface area contributed by atoms with Gasteiger partial charge in [0.1, 0.15) is 5.75 Å². The van der Waals surface area contributed by atoms with Crippen molar-refractivity contribution in [1.29, 1.82) is 0 Å². The molecule has 1 aliphatic rings. The van der Waals surface area contributed by atoms with Crippen LogP contribution in [0.5, 0.6) is 5.75 Å². The van der Waals surface area contributed by atoms with Crippen molar-refractivity contribution in [3.8, 4) is 5.75 Å². The fourth-order valence-electron chi connectivity index (χ4n) is 2.94. The lowest BCUT2D eigenvalue weighted by Crippen LogP contribution is -2.41. The number of amides is 1. The number of aromatic hydroxyl groups is 1. The van der Waals surface area contributed by atoms with Gasteiger partial charge < -0.3 is 15.5 Å². The van der Waals surface area contributed by atoms with Gasteiger partial charge in [-0.15, -0.1) is 0 Å². The number of fused-ring (bicyclic) bond motifs is 1. The molecule has 3 rings (SSSR count). The van der Waals surface area contributed by atoms with Crippen LogP contribution < -0.4 is 5.32 Å². The zero-order chi connectivity index (χ0) is 16.4. The molecule has 4 nitrogen and oxygen atoms in total. The topological polar surface area (TPSA) is 69.6 Å². The monoisotopic (exact) mass is 331 g/mol. The van der Waals surface area contributed by atoms with Crippen molar-refractivity contribution < 1.29 is 15.0 Å². The van der Waals surface area contributed by atoms with E-state index in [1.54, 1.807) is 36.4 Å². The van der Waals surface area contributed by atoms with Crippen LogP contribution in [0.2, 0.25) is 5.02 Å². The lowest BCUT2D eigenvalue weighted by atomic mass is 9.88. The summed E-state index contributed by atoms with van der Waals surface area (Å²) in [5, 5.41) is 23.2. The Hall–Kier alpha value is -2.04.